The number of primary sulfonamides is 1. The number of aromatic carboxylic acids is 1. The summed E-state index contributed by atoms with van der Waals surface area (Å²) >= 11 is 12.3. The highest BCUT2D eigenvalue weighted by atomic mass is 35.5. The summed E-state index contributed by atoms with van der Waals surface area (Å²) in [5.74, 6) is 1.96. The highest BCUT2D eigenvalue weighted by molar-refractivity contribution is 7.90. The lowest BCUT2D eigenvalue weighted by Gasteiger charge is -2.37. The van der Waals surface area contributed by atoms with Crippen molar-refractivity contribution in [3.8, 4) is 23.4 Å². The zero-order valence-electron chi connectivity index (χ0n) is 60.0. The highest BCUT2D eigenvalue weighted by Gasteiger charge is 2.87. The third-order valence-electron chi connectivity index (χ3n) is 21.9. The molecule has 6 saturated carbocycles. The third kappa shape index (κ3) is 16.3. The van der Waals surface area contributed by atoms with E-state index in [1.807, 2.05) is 56.1 Å². The zero-order chi connectivity index (χ0) is 74.1. The number of halogens is 2. The maximum atomic E-state index is 13.2. The minimum absolute atomic E-state index is 0.0257. The predicted octanol–water partition coefficient (Wildman–Crippen LogP) is 12.7. The van der Waals surface area contributed by atoms with Crippen LogP contribution in [0.2, 0.25) is 10.3 Å². The van der Waals surface area contributed by atoms with Gasteiger partial charge in [0.25, 0.3) is 26.0 Å². The second-order valence-electron chi connectivity index (χ2n) is 31.9. The van der Waals surface area contributed by atoms with E-state index in [0.29, 0.717) is 94.6 Å². The van der Waals surface area contributed by atoms with E-state index < -0.39 is 43.1 Å². The molecule has 103 heavy (non-hydrogen) atoms. The van der Waals surface area contributed by atoms with Crippen molar-refractivity contribution in [2.24, 2.45) is 38.6 Å². The molecule has 0 bridgehead atoms. The number of fused-ring (bicyclic) bond motifs is 2. The Hall–Kier alpha value is -7.86. The predicted molar refractivity (Wildman–Crippen MR) is 385 cm³/mol. The molecule has 6 aromatic rings. The number of nitrogens with two attached hydrogens (primary N) is 1. The summed E-state index contributed by atoms with van der Waals surface area (Å²) in [6, 6.07) is 18.8. The van der Waals surface area contributed by atoms with Crippen LogP contribution in [-0.2, 0) is 29.5 Å². The van der Waals surface area contributed by atoms with Gasteiger partial charge in [-0.2, -0.15) is 8.42 Å². The second-order valence-corrected chi connectivity index (χ2v) is 35.8. The van der Waals surface area contributed by atoms with Gasteiger partial charge < -0.3 is 44.5 Å². The molecule has 8 aliphatic rings. The summed E-state index contributed by atoms with van der Waals surface area (Å²) < 4.78 is 77.4. The van der Waals surface area contributed by atoms with Crippen LogP contribution in [0, 0.1) is 33.5 Å². The summed E-state index contributed by atoms with van der Waals surface area (Å²) in [4.78, 5) is 70.0. The minimum Gasteiger partial charge on any atom is -0.478 e. The number of rotatable bonds is 23. The van der Waals surface area contributed by atoms with E-state index in [4.69, 9.17) is 52.4 Å². The molecule has 3 amide bonds. The standard InChI is InChI=1S/C36H46ClN7O6S.C19H32N4O4S.C17H16ClN3O3/c1-33(2,3)50-32(46)44-23(13-15-34(44,4)5)8-7-20-38-26-9-6-10-29(39-26)51(47,48)42-31(45)24-11-12-27(40-30(24)37)43-21-14-28(41-43)49-22-25-35(16-17-35)36(25)18-19-36;1-18(2,3)27-17(24)23-14(11-12-19(23,4)5)8-7-13-21-15-9-6-10-16(22-15)28(20,25)26;18-14-10(15(22)23)1-2-12(19-14)21-8-3-13(20-21)24-9-11-16(4-5-16)17(11)6-7-17/h6,9-12,14,21,23,25H,7-8,13,15-20,22H2,1-5H3,(H,38,39)(H,42,45);6,9-10,14H,7-8,11-13H2,1-5H3,(H,21,22)(H2,20,25,26);1-3,8,11H,4-7,9H2,(H,22,23). The van der Waals surface area contributed by atoms with Crippen molar-refractivity contribution in [1.82, 2.24) is 54.0 Å². The van der Waals surface area contributed by atoms with Crippen molar-refractivity contribution in [3.05, 3.63) is 107 Å². The van der Waals surface area contributed by atoms with Gasteiger partial charge in [-0.3, -0.25) is 4.79 Å². The number of amides is 3. The van der Waals surface area contributed by atoms with E-state index in [1.165, 1.54) is 86.4 Å². The van der Waals surface area contributed by atoms with Crippen LogP contribution >= 0.6 is 23.2 Å². The molecule has 8 heterocycles. The highest BCUT2D eigenvalue weighted by Crippen LogP contribution is 2.93. The van der Waals surface area contributed by atoms with Crippen LogP contribution in [0.3, 0.4) is 0 Å². The second kappa shape index (κ2) is 27.9. The third-order valence-corrected chi connectivity index (χ3v) is 24.5. The van der Waals surface area contributed by atoms with Gasteiger partial charge in [0.2, 0.25) is 11.8 Å². The number of carboxylic acids is 1. The first-order chi connectivity index (χ1) is 48.4. The van der Waals surface area contributed by atoms with E-state index in [9.17, 15) is 36.0 Å². The summed E-state index contributed by atoms with van der Waals surface area (Å²) in [5, 5.41) is 28.5. The average Bonchev–Trinajstić information content (AvgIpc) is 1.45. The molecule has 31 heteroatoms. The number of aromatic nitrogens is 8. The normalized spacial score (nSPS) is 20.8. The van der Waals surface area contributed by atoms with Gasteiger partial charge in [-0.25, -0.2) is 62.0 Å². The fraction of sp³-hybridized carbons (Fsp3) is 0.583. The molecule has 2 unspecified atom stereocenters. The summed E-state index contributed by atoms with van der Waals surface area (Å²) in [6.07, 6.45) is 20.3. The molecular formula is C72H94Cl2N14O13S2. The molecule has 14 rings (SSSR count). The van der Waals surface area contributed by atoms with E-state index in [2.05, 4.69) is 68.5 Å². The smallest absolute Gasteiger partial charge is 0.410 e. The van der Waals surface area contributed by atoms with E-state index in [0.717, 1.165) is 51.6 Å². The number of sulfonamides is 2. The Labute approximate surface area is 611 Å². The first kappa shape index (κ1) is 74.8. The summed E-state index contributed by atoms with van der Waals surface area (Å²) in [5.41, 5.74) is 0.561. The lowest BCUT2D eigenvalue weighted by atomic mass is 10.0. The molecule has 0 aromatic carbocycles. The van der Waals surface area contributed by atoms with Crippen LogP contribution in [0.15, 0.2) is 95.2 Å². The van der Waals surface area contributed by atoms with Crippen molar-refractivity contribution in [2.75, 3.05) is 36.9 Å². The number of carbonyl (C=O) groups excluding carboxylic acids is 3. The lowest BCUT2D eigenvalue weighted by molar-refractivity contribution is 0.00168. The molecule has 556 valence electrons. The Morgan fingerprint density at radius 1 is 0.563 bits per heavy atom. The molecule has 6 aromatic heterocycles. The SMILES string of the molecule is CC(C)(C)OC(=O)N1C(CCCNc2cccc(S(=O)(=O)NC(=O)c3ccc(-n4ccc(OCC5C6(CC6)C56CC6)n4)nc3Cl)n2)CCC1(C)C.CC(C)(C)OC(=O)N1C(CCCNc2cccc(S(N)(=O)=O)n2)CCC1(C)C.O=C(O)c1ccc(-n2ccc(OCC3C4(CC4)C34CC4)n2)nc1Cl. The van der Waals surface area contributed by atoms with Crippen molar-refractivity contribution in [1.29, 1.82) is 0 Å². The van der Waals surface area contributed by atoms with Crippen molar-refractivity contribution in [3.63, 3.8) is 0 Å². The molecule has 8 fully saturated rings. The molecule has 4 spiro atoms. The lowest BCUT2D eigenvalue weighted by Crippen LogP contribution is -2.49. The number of carboxylic acid groups (broad SMARTS) is 1. The number of anilines is 2. The molecule has 6 aliphatic carbocycles. The van der Waals surface area contributed by atoms with Gasteiger partial charge in [-0.1, -0.05) is 35.3 Å². The van der Waals surface area contributed by atoms with Gasteiger partial charge in [0.15, 0.2) is 21.7 Å². The molecular weight excluding hydrogens is 1400 g/mol. The van der Waals surface area contributed by atoms with Crippen LogP contribution < -0.4 is 30.0 Å². The molecule has 0 radical (unpaired) electrons. The van der Waals surface area contributed by atoms with Crippen LogP contribution in [-0.4, -0.2) is 156 Å². The zero-order valence-corrected chi connectivity index (χ0v) is 63.1. The number of hydrogen-bond donors (Lipinski definition) is 5. The van der Waals surface area contributed by atoms with Gasteiger partial charge in [-0.15, -0.1) is 10.2 Å². The summed E-state index contributed by atoms with van der Waals surface area (Å²) in [7, 11) is -8.16. The van der Waals surface area contributed by atoms with Crippen LogP contribution in [0.1, 0.15) is 193 Å². The molecule has 6 N–H and O–H groups in total. The first-order valence-corrected chi connectivity index (χ1v) is 39.2. The van der Waals surface area contributed by atoms with Gasteiger partial charge in [0.05, 0.1) is 24.3 Å². The number of nitrogens with zero attached hydrogens (tertiary/aromatic N) is 10. The number of hydrogen-bond acceptors (Lipinski definition) is 20. The Kier molecular flexibility index (Phi) is 20.3. The summed E-state index contributed by atoms with van der Waals surface area (Å²) in [6.45, 7) is 21.9. The number of likely N-dealkylation sites (tertiary alicyclic amines) is 2. The van der Waals surface area contributed by atoms with E-state index in [-0.39, 0.29) is 66.8 Å². The van der Waals surface area contributed by atoms with E-state index >= 15 is 0 Å². The maximum absolute atomic E-state index is 13.2. The Morgan fingerprint density at radius 2 is 0.961 bits per heavy atom. The van der Waals surface area contributed by atoms with Gasteiger partial charge >= 0.3 is 18.2 Å². The topological polar surface area (TPSA) is 350 Å². The number of pyridine rings is 4. The monoisotopic (exact) mass is 1500 g/mol. The molecule has 2 atom stereocenters. The Morgan fingerprint density at radius 3 is 1.34 bits per heavy atom. The van der Waals surface area contributed by atoms with Crippen molar-refractivity contribution < 1.29 is 60.1 Å². The molecule has 27 nitrogen and oxygen atoms in total. The number of ether oxygens (including phenoxy) is 4. The van der Waals surface area contributed by atoms with Crippen LogP contribution in [0.5, 0.6) is 11.8 Å². The fourth-order valence-electron chi connectivity index (χ4n) is 16.2. The Bertz CT molecular complexity index is 4410. The maximum Gasteiger partial charge on any atom is 0.410 e. The largest absolute Gasteiger partial charge is 0.478 e. The van der Waals surface area contributed by atoms with Gasteiger partial charge in [0.1, 0.15) is 33.1 Å². The molecule has 2 aliphatic heterocycles. The quantitative estimate of drug-likeness (QED) is 0.0294. The van der Waals surface area contributed by atoms with E-state index in [1.54, 1.807) is 59.5 Å². The van der Waals surface area contributed by atoms with Gasteiger partial charge in [0, 0.05) is 72.6 Å². The fourth-order valence-corrected chi connectivity index (χ4v) is 18.1. The molecule has 2 saturated heterocycles. The van der Waals surface area contributed by atoms with Crippen LogP contribution in [0.4, 0.5) is 21.2 Å². The minimum atomic E-state index is -4.34. The average molecular weight is 1500 g/mol. The van der Waals surface area contributed by atoms with Gasteiger partial charge in [-0.05, 0) is 242 Å². The number of carbonyl (C=O) groups is 4. The van der Waals surface area contributed by atoms with Crippen LogP contribution in [0.25, 0.3) is 11.6 Å². The first-order valence-electron chi connectivity index (χ1n) is 35.4. The van der Waals surface area contributed by atoms with Crippen molar-refractivity contribution in [2.45, 2.75) is 216 Å². The number of nitrogens with one attached hydrogen (secondary N) is 3. The van der Waals surface area contributed by atoms with Crippen molar-refractivity contribution >= 4 is 78.9 Å². The Balaban J connectivity index is 0.000000161.